The van der Waals surface area contributed by atoms with Crippen LogP contribution in [0.4, 0.5) is 0 Å². The van der Waals surface area contributed by atoms with Crippen molar-refractivity contribution < 1.29 is 9.53 Å². The van der Waals surface area contributed by atoms with E-state index in [1.807, 2.05) is 24.3 Å². The highest BCUT2D eigenvalue weighted by Gasteiger charge is 2.39. The van der Waals surface area contributed by atoms with E-state index in [2.05, 4.69) is 20.6 Å². The van der Waals surface area contributed by atoms with Crippen molar-refractivity contribution in [2.75, 3.05) is 33.4 Å². The van der Waals surface area contributed by atoms with Gasteiger partial charge in [-0.05, 0) is 44.5 Å². The number of aryl methyl sites for hydroxylation is 1. The molecule has 0 aliphatic carbocycles. The monoisotopic (exact) mass is 402 g/mol. The summed E-state index contributed by atoms with van der Waals surface area (Å²) in [5.41, 5.74) is 1.68. The lowest BCUT2D eigenvalue weighted by Crippen LogP contribution is -2.50. The van der Waals surface area contributed by atoms with Crippen LogP contribution in [0, 0.1) is 5.41 Å². The highest BCUT2D eigenvalue weighted by Crippen LogP contribution is 2.29. The summed E-state index contributed by atoms with van der Waals surface area (Å²) in [5, 5.41) is 6.40. The molecule has 1 amide bonds. The Bertz CT molecular complexity index is 648. The van der Waals surface area contributed by atoms with Gasteiger partial charge in [0.1, 0.15) is 5.82 Å². The highest BCUT2D eigenvalue weighted by atomic mass is 35.5. The van der Waals surface area contributed by atoms with E-state index in [1.165, 1.54) is 0 Å². The molecule has 0 unspecified atom stereocenters. The van der Waals surface area contributed by atoms with Crippen molar-refractivity contribution in [2.24, 2.45) is 5.41 Å². The van der Waals surface area contributed by atoms with Crippen LogP contribution in [0.5, 0.6) is 0 Å². The van der Waals surface area contributed by atoms with Crippen LogP contribution in [-0.4, -0.2) is 49.2 Å². The molecule has 2 aromatic rings. The van der Waals surface area contributed by atoms with Gasteiger partial charge >= 0.3 is 0 Å². The zero-order chi connectivity index (χ0) is 16.8. The van der Waals surface area contributed by atoms with Gasteiger partial charge in [0.05, 0.1) is 23.1 Å². The maximum atomic E-state index is 12.6. The van der Waals surface area contributed by atoms with Crippen molar-refractivity contribution in [3.63, 3.8) is 0 Å². The number of ether oxygens (including phenoxy) is 1. The summed E-state index contributed by atoms with van der Waals surface area (Å²) in [6.07, 6.45) is 3.35. The summed E-state index contributed by atoms with van der Waals surface area (Å²) in [5.74, 6) is 1.09. The molecule has 3 N–H and O–H groups in total. The number of piperidine rings is 1. The maximum absolute atomic E-state index is 12.6. The van der Waals surface area contributed by atoms with Gasteiger partial charge in [-0.1, -0.05) is 12.1 Å². The van der Waals surface area contributed by atoms with Crippen LogP contribution >= 0.6 is 24.8 Å². The zero-order valence-electron chi connectivity index (χ0n) is 15.0. The number of imidazole rings is 1. The molecule has 1 aromatic carbocycles. The molecular formula is C18H28Cl2N4O2. The number of H-pyrrole nitrogens is 1. The molecule has 1 saturated heterocycles. The molecule has 0 atom stereocenters. The van der Waals surface area contributed by atoms with Crippen molar-refractivity contribution >= 4 is 41.8 Å². The Morgan fingerprint density at radius 2 is 2.00 bits per heavy atom. The van der Waals surface area contributed by atoms with E-state index >= 15 is 0 Å². The molecule has 146 valence electrons. The van der Waals surface area contributed by atoms with Crippen molar-refractivity contribution in [1.82, 2.24) is 20.6 Å². The molecule has 3 rings (SSSR count). The number of methoxy groups -OCH3 is 1. The summed E-state index contributed by atoms with van der Waals surface area (Å²) < 4.78 is 5.31. The second-order valence-electron chi connectivity index (χ2n) is 6.52. The molecule has 1 aliphatic rings. The van der Waals surface area contributed by atoms with E-state index in [4.69, 9.17) is 4.74 Å². The minimum absolute atomic E-state index is 0. The summed E-state index contributed by atoms with van der Waals surface area (Å²) >= 11 is 0. The van der Waals surface area contributed by atoms with E-state index in [-0.39, 0.29) is 36.1 Å². The van der Waals surface area contributed by atoms with Gasteiger partial charge in [-0.3, -0.25) is 4.79 Å². The molecule has 0 saturated carbocycles. The largest absolute Gasteiger partial charge is 0.384 e. The Hall–Kier alpha value is -1.34. The third-order valence-corrected chi connectivity index (χ3v) is 4.78. The number of carbonyl (C=O) groups excluding carboxylic acids is 1. The van der Waals surface area contributed by atoms with E-state index in [1.54, 1.807) is 7.11 Å². The number of aromatic nitrogens is 2. The average molecular weight is 403 g/mol. The third-order valence-electron chi connectivity index (χ3n) is 4.78. The Labute approximate surface area is 166 Å². The number of benzene rings is 1. The van der Waals surface area contributed by atoms with Crippen LogP contribution in [-0.2, 0) is 16.0 Å². The summed E-state index contributed by atoms with van der Waals surface area (Å²) in [4.78, 5) is 20.5. The first kappa shape index (κ1) is 22.7. The Balaban J connectivity index is 0.00000169. The number of para-hydroxylation sites is 2. The maximum Gasteiger partial charge on any atom is 0.228 e. The molecule has 0 spiro atoms. The highest BCUT2D eigenvalue weighted by molar-refractivity contribution is 5.85. The quantitative estimate of drug-likeness (QED) is 0.621. The Morgan fingerprint density at radius 1 is 1.27 bits per heavy atom. The first-order valence-corrected chi connectivity index (χ1v) is 8.65. The average Bonchev–Trinajstić information content (AvgIpc) is 3.02. The summed E-state index contributed by atoms with van der Waals surface area (Å²) in [6.45, 7) is 2.89. The van der Waals surface area contributed by atoms with Crippen molar-refractivity contribution in [1.29, 1.82) is 0 Å². The standard InChI is InChI=1S/C18H26N4O2.2ClH/c1-24-13-18(8-11-19-12-9-18)17(23)20-10-4-7-16-21-14-5-2-3-6-15(14)22-16;;/h2-3,5-6,19H,4,7-13H2,1H3,(H,20,23)(H,21,22);2*1H. The van der Waals surface area contributed by atoms with Gasteiger partial charge < -0.3 is 20.4 Å². The van der Waals surface area contributed by atoms with Gasteiger partial charge in [-0.25, -0.2) is 4.98 Å². The van der Waals surface area contributed by atoms with Gasteiger partial charge in [0.15, 0.2) is 0 Å². The number of fused-ring (bicyclic) bond motifs is 1. The summed E-state index contributed by atoms with van der Waals surface area (Å²) in [7, 11) is 1.67. The number of aromatic amines is 1. The first-order chi connectivity index (χ1) is 11.7. The lowest BCUT2D eigenvalue weighted by atomic mass is 9.78. The smallest absolute Gasteiger partial charge is 0.228 e. The molecular weight excluding hydrogens is 375 g/mol. The number of nitrogens with zero attached hydrogens (tertiary/aromatic N) is 1. The van der Waals surface area contributed by atoms with Crippen molar-refractivity contribution in [3.05, 3.63) is 30.1 Å². The predicted molar refractivity (Wildman–Crippen MR) is 108 cm³/mol. The van der Waals surface area contributed by atoms with E-state index < -0.39 is 0 Å². The van der Waals surface area contributed by atoms with Crippen LogP contribution in [0.1, 0.15) is 25.1 Å². The number of carbonyl (C=O) groups is 1. The Kier molecular flexibility index (Phi) is 9.36. The summed E-state index contributed by atoms with van der Waals surface area (Å²) in [6, 6.07) is 8.02. The van der Waals surface area contributed by atoms with Gasteiger partial charge in [0, 0.05) is 20.1 Å². The molecule has 1 aromatic heterocycles. The number of hydrogen-bond acceptors (Lipinski definition) is 4. The zero-order valence-corrected chi connectivity index (χ0v) is 16.7. The first-order valence-electron chi connectivity index (χ1n) is 8.65. The molecule has 0 bridgehead atoms. The molecule has 8 heteroatoms. The van der Waals surface area contributed by atoms with Crippen molar-refractivity contribution in [3.8, 4) is 0 Å². The van der Waals surface area contributed by atoms with Gasteiger partial charge in [0.25, 0.3) is 0 Å². The Morgan fingerprint density at radius 3 is 2.69 bits per heavy atom. The lowest BCUT2D eigenvalue weighted by molar-refractivity contribution is -0.136. The molecule has 0 radical (unpaired) electrons. The molecule has 1 fully saturated rings. The van der Waals surface area contributed by atoms with Gasteiger partial charge in [-0.15, -0.1) is 24.8 Å². The fourth-order valence-electron chi connectivity index (χ4n) is 3.39. The normalized spacial score (nSPS) is 15.7. The lowest BCUT2D eigenvalue weighted by Gasteiger charge is -2.35. The number of nitrogens with one attached hydrogen (secondary N) is 3. The van der Waals surface area contributed by atoms with E-state index in [0.29, 0.717) is 13.2 Å². The third kappa shape index (κ3) is 5.33. The van der Waals surface area contributed by atoms with Crippen LogP contribution in [0.3, 0.4) is 0 Å². The SMILES string of the molecule is COCC1(C(=O)NCCCc2nc3ccccc3[nH]2)CCNCC1.Cl.Cl. The second-order valence-corrected chi connectivity index (χ2v) is 6.52. The van der Waals surface area contributed by atoms with Crippen LogP contribution in [0.2, 0.25) is 0 Å². The van der Waals surface area contributed by atoms with Crippen LogP contribution in [0.15, 0.2) is 24.3 Å². The molecule has 6 nitrogen and oxygen atoms in total. The number of rotatable bonds is 7. The molecule has 2 heterocycles. The number of halogens is 2. The minimum Gasteiger partial charge on any atom is -0.384 e. The van der Waals surface area contributed by atoms with Crippen LogP contribution in [0.25, 0.3) is 11.0 Å². The van der Waals surface area contributed by atoms with Crippen LogP contribution < -0.4 is 10.6 Å². The van der Waals surface area contributed by atoms with Gasteiger partial charge in [-0.2, -0.15) is 0 Å². The predicted octanol–water partition coefficient (Wildman–Crippen LogP) is 2.47. The second kappa shape index (κ2) is 10.7. The number of hydrogen-bond donors (Lipinski definition) is 3. The minimum atomic E-state index is -0.376. The van der Waals surface area contributed by atoms with E-state index in [0.717, 1.165) is 55.6 Å². The van der Waals surface area contributed by atoms with Crippen molar-refractivity contribution in [2.45, 2.75) is 25.7 Å². The molecule has 1 aliphatic heterocycles. The topological polar surface area (TPSA) is 79.0 Å². The number of amides is 1. The van der Waals surface area contributed by atoms with E-state index in [9.17, 15) is 4.79 Å². The fraction of sp³-hybridized carbons (Fsp3) is 0.556. The van der Waals surface area contributed by atoms with Gasteiger partial charge in [0.2, 0.25) is 5.91 Å². The fourth-order valence-corrected chi connectivity index (χ4v) is 3.39. The molecule has 26 heavy (non-hydrogen) atoms.